The van der Waals surface area contributed by atoms with Gasteiger partial charge in [-0.2, -0.15) is 13.2 Å². The summed E-state index contributed by atoms with van der Waals surface area (Å²) in [6, 6.07) is 12.8. The average molecular weight is 378 g/mol. The van der Waals surface area contributed by atoms with Gasteiger partial charge in [-0.25, -0.2) is 0 Å². The predicted molar refractivity (Wildman–Crippen MR) is 97.9 cm³/mol. The van der Waals surface area contributed by atoms with Crippen LogP contribution in [-0.2, 0) is 22.1 Å². The minimum Gasteiger partial charge on any atom is -0.488 e. The van der Waals surface area contributed by atoms with E-state index in [0.717, 1.165) is 11.6 Å². The van der Waals surface area contributed by atoms with Crippen molar-refractivity contribution in [3.8, 4) is 5.75 Å². The molecule has 0 amide bonds. The summed E-state index contributed by atoms with van der Waals surface area (Å²) in [6.07, 6.45) is -4.51. The van der Waals surface area contributed by atoms with Crippen LogP contribution in [0, 0.1) is 0 Å². The first-order chi connectivity index (χ1) is 12.5. The third kappa shape index (κ3) is 4.14. The Morgan fingerprint density at radius 1 is 0.926 bits per heavy atom. The zero-order valence-electron chi connectivity index (χ0n) is 15.8. The van der Waals surface area contributed by atoms with E-state index in [1.54, 1.807) is 12.1 Å². The molecular formula is C20H22BF3O3. The SMILES string of the molecule is CC1(C)OB(c2ccc(C(F)(F)F)c(OCc3ccccc3)c2)OC1(C)C. The first-order valence-corrected chi connectivity index (χ1v) is 8.73. The van der Waals surface area contributed by atoms with E-state index < -0.39 is 30.1 Å². The normalized spacial score (nSPS) is 18.6. The van der Waals surface area contributed by atoms with Crippen LogP contribution in [0.25, 0.3) is 0 Å². The molecule has 144 valence electrons. The summed E-state index contributed by atoms with van der Waals surface area (Å²) in [7, 11) is -0.753. The quantitative estimate of drug-likeness (QED) is 0.729. The standard InChI is InChI=1S/C20H22BF3O3/c1-18(2)19(3,4)27-21(26-18)15-10-11-16(20(22,23)24)17(12-15)25-13-14-8-6-5-7-9-14/h5-12H,13H2,1-4H3. The van der Waals surface area contributed by atoms with Crippen LogP contribution >= 0.6 is 0 Å². The van der Waals surface area contributed by atoms with Crippen molar-refractivity contribution in [2.45, 2.75) is 51.7 Å². The van der Waals surface area contributed by atoms with Crippen molar-refractivity contribution < 1.29 is 27.2 Å². The van der Waals surface area contributed by atoms with Crippen molar-refractivity contribution in [3.63, 3.8) is 0 Å². The Labute approximate surface area is 157 Å². The maximum Gasteiger partial charge on any atom is 0.494 e. The average Bonchev–Trinajstić information content (AvgIpc) is 2.80. The summed E-state index contributed by atoms with van der Waals surface area (Å²) in [6.45, 7) is 7.61. The molecule has 0 atom stereocenters. The van der Waals surface area contributed by atoms with E-state index in [2.05, 4.69) is 0 Å². The summed E-state index contributed by atoms with van der Waals surface area (Å²) in [5.74, 6) is -0.237. The monoisotopic (exact) mass is 378 g/mol. The third-order valence-corrected chi connectivity index (χ3v) is 5.07. The second-order valence-electron chi connectivity index (χ2n) is 7.62. The Bertz CT molecular complexity index is 788. The molecule has 0 aromatic heterocycles. The maximum atomic E-state index is 13.4. The van der Waals surface area contributed by atoms with Crippen LogP contribution in [0.4, 0.5) is 13.2 Å². The number of alkyl halides is 3. The van der Waals surface area contributed by atoms with Crippen molar-refractivity contribution in [3.05, 3.63) is 59.7 Å². The minimum atomic E-state index is -4.51. The number of hydrogen-bond acceptors (Lipinski definition) is 3. The number of hydrogen-bond donors (Lipinski definition) is 0. The molecule has 2 aromatic rings. The van der Waals surface area contributed by atoms with E-state index in [0.29, 0.717) is 5.46 Å². The molecule has 3 nitrogen and oxygen atoms in total. The molecule has 1 fully saturated rings. The second-order valence-corrected chi connectivity index (χ2v) is 7.62. The molecule has 7 heteroatoms. The van der Waals surface area contributed by atoms with Gasteiger partial charge >= 0.3 is 13.3 Å². The molecule has 2 aromatic carbocycles. The molecule has 1 aliphatic rings. The fourth-order valence-electron chi connectivity index (χ4n) is 2.75. The summed E-state index contributed by atoms with van der Waals surface area (Å²) in [5, 5.41) is 0. The van der Waals surface area contributed by atoms with Gasteiger partial charge in [0.15, 0.2) is 0 Å². The Kier molecular flexibility index (Phi) is 5.03. The fourth-order valence-corrected chi connectivity index (χ4v) is 2.75. The molecule has 1 aliphatic heterocycles. The summed E-state index contributed by atoms with van der Waals surface area (Å²) >= 11 is 0. The molecule has 0 unspecified atom stereocenters. The van der Waals surface area contributed by atoms with Gasteiger partial charge in [-0.1, -0.05) is 36.4 Å². The van der Waals surface area contributed by atoms with E-state index in [-0.39, 0.29) is 12.4 Å². The number of rotatable bonds is 4. The molecule has 0 N–H and O–H groups in total. The van der Waals surface area contributed by atoms with Crippen LogP contribution < -0.4 is 10.2 Å². The molecule has 1 heterocycles. The molecule has 27 heavy (non-hydrogen) atoms. The van der Waals surface area contributed by atoms with Crippen LogP contribution in [-0.4, -0.2) is 18.3 Å². The molecule has 1 saturated heterocycles. The van der Waals surface area contributed by atoms with Gasteiger partial charge in [0.1, 0.15) is 12.4 Å². The van der Waals surface area contributed by atoms with Crippen LogP contribution in [0.2, 0.25) is 0 Å². The number of benzene rings is 2. The first-order valence-electron chi connectivity index (χ1n) is 8.73. The summed E-state index contributed by atoms with van der Waals surface area (Å²) < 4.78 is 57.6. The van der Waals surface area contributed by atoms with Crippen molar-refractivity contribution in [2.75, 3.05) is 0 Å². The molecule has 0 bridgehead atoms. The van der Waals surface area contributed by atoms with Crippen LogP contribution in [0.3, 0.4) is 0 Å². The van der Waals surface area contributed by atoms with Crippen molar-refractivity contribution in [1.29, 1.82) is 0 Å². The van der Waals surface area contributed by atoms with Crippen molar-refractivity contribution in [1.82, 2.24) is 0 Å². The molecule has 3 rings (SSSR count). The molecule has 0 spiro atoms. The van der Waals surface area contributed by atoms with Crippen LogP contribution in [0.15, 0.2) is 48.5 Å². The highest BCUT2D eigenvalue weighted by molar-refractivity contribution is 6.62. The Morgan fingerprint density at radius 3 is 2.07 bits per heavy atom. The summed E-state index contributed by atoms with van der Waals surface area (Å²) in [5.41, 5.74) is -0.702. The van der Waals surface area contributed by atoms with Gasteiger partial charge in [0.05, 0.1) is 16.8 Å². The van der Waals surface area contributed by atoms with Gasteiger partial charge < -0.3 is 14.0 Å². The van der Waals surface area contributed by atoms with Gasteiger partial charge in [0.2, 0.25) is 0 Å². The van der Waals surface area contributed by atoms with Crippen LogP contribution in [0.5, 0.6) is 5.75 Å². The van der Waals surface area contributed by atoms with E-state index in [1.165, 1.54) is 12.1 Å². The van der Waals surface area contributed by atoms with Gasteiger partial charge in [-0.05, 0) is 50.9 Å². The van der Waals surface area contributed by atoms with E-state index in [4.69, 9.17) is 14.0 Å². The maximum absolute atomic E-state index is 13.4. The lowest BCUT2D eigenvalue weighted by molar-refractivity contribution is -0.139. The molecule has 0 radical (unpaired) electrons. The highest BCUT2D eigenvalue weighted by Gasteiger charge is 2.52. The zero-order chi connectivity index (χ0) is 19.9. The molecule has 0 saturated carbocycles. The Hall–Kier alpha value is -1.99. The second kappa shape index (κ2) is 6.87. The minimum absolute atomic E-state index is 0.0384. The highest BCUT2D eigenvalue weighted by atomic mass is 19.4. The molecular weight excluding hydrogens is 356 g/mol. The third-order valence-electron chi connectivity index (χ3n) is 5.07. The lowest BCUT2D eigenvalue weighted by atomic mass is 9.78. The van der Waals surface area contributed by atoms with E-state index >= 15 is 0 Å². The summed E-state index contributed by atoms with van der Waals surface area (Å²) in [4.78, 5) is 0. The van der Waals surface area contributed by atoms with Gasteiger partial charge in [0.25, 0.3) is 0 Å². The van der Waals surface area contributed by atoms with Gasteiger partial charge in [0, 0.05) is 0 Å². The van der Waals surface area contributed by atoms with Gasteiger partial charge in [-0.15, -0.1) is 0 Å². The molecule has 0 aliphatic carbocycles. The zero-order valence-corrected chi connectivity index (χ0v) is 15.8. The number of ether oxygens (including phenoxy) is 1. The smallest absolute Gasteiger partial charge is 0.488 e. The fraction of sp³-hybridized carbons (Fsp3) is 0.400. The Balaban J connectivity index is 1.89. The highest BCUT2D eigenvalue weighted by Crippen LogP contribution is 2.39. The first kappa shape index (κ1) is 19.8. The number of halogens is 3. The van der Waals surface area contributed by atoms with Crippen molar-refractivity contribution >= 4 is 12.6 Å². The van der Waals surface area contributed by atoms with Gasteiger partial charge in [-0.3, -0.25) is 0 Å². The lowest BCUT2D eigenvalue weighted by Gasteiger charge is -2.32. The largest absolute Gasteiger partial charge is 0.494 e. The topological polar surface area (TPSA) is 27.7 Å². The van der Waals surface area contributed by atoms with Crippen molar-refractivity contribution in [2.24, 2.45) is 0 Å². The van der Waals surface area contributed by atoms with Crippen LogP contribution in [0.1, 0.15) is 38.8 Å². The lowest BCUT2D eigenvalue weighted by Crippen LogP contribution is -2.41. The van der Waals surface area contributed by atoms with E-state index in [9.17, 15) is 13.2 Å². The Morgan fingerprint density at radius 2 is 1.52 bits per heavy atom. The predicted octanol–water partition coefficient (Wildman–Crippen LogP) is 4.58. The van der Waals surface area contributed by atoms with E-state index in [1.807, 2.05) is 45.9 Å².